The quantitative estimate of drug-likeness (QED) is 0.702. The molecular weight excluding hydrogens is 260 g/mol. The topological polar surface area (TPSA) is 99.3 Å². The van der Waals surface area contributed by atoms with Crippen LogP contribution < -0.4 is 10.9 Å². The lowest BCUT2D eigenvalue weighted by Gasteiger charge is -2.14. The number of aromatic amines is 1. The molecule has 0 radical (unpaired) electrons. The molecule has 0 aromatic carbocycles. The Balaban J connectivity index is 2.39. The number of pyridine rings is 1. The minimum atomic E-state index is -0.801. The molecule has 1 heterocycles. The van der Waals surface area contributed by atoms with Crippen molar-refractivity contribution in [2.75, 3.05) is 0 Å². The highest BCUT2D eigenvalue weighted by atomic mass is 16.4. The summed E-state index contributed by atoms with van der Waals surface area (Å²) in [5.41, 5.74) is 0.0000834. The van der Waals surface area contributed by atoms with Gasteiger partial charge in [-0.25, -0.2) is 0 Å². The minimum Gasteiger partial charge on any atom is -0.481 e. The number of carboxylic acids is 1. The van der Waals surface area contributed by atoms with E-state index in [0.717, 1.165) is 6.42 Å². The van der Waals surface area contributed by atoms with Crippen molar-refractivity contribution in [3.63, 3.8) is 0 Å². The fourth-order valence-corrected chi connectivity index (χ4v) is 1.82. The number of amides is 1. The van der Waals surface area contributed by atoms with Crippen LogP contribution in [0, 0.1) is 5.92 Å². The lowest BCUT2D eigenvalue weighted by atomic mass is 10.0. The van der Waals surface area contributed by atoms with E-state index in [-0.39, 0.29) is 23.4 Å². The summed E-state index contributed by atoms with van der Waals surface area (Å²) in [4.78, 5) is 36.1. The first-order chi connectivity index (χ1) is 9.40. The molecule has 6 heteroatoms. The van der Waals surface area contributed by atoms with E-state index in [1.165, 1.54) is 18.3 Å². The molecule has 0 saturated heterocycles. The molecule has 2 atom stereocenters. The maximum atomic E-state index is 11.9. The molecule has 6 nitrogen and oxygen atoms in total. The van der Waals surface area contributed by atoms with Crippen molar-refractivity contribution in [1.82, 2.24) is 10.3 Å². The van der Waals surface area contributed by atoms with Crippen LogP contribution in [-0.4, -0.2) is 28.0 Å². The van der Waals surface area contributed by atoms with Gasteiger partial charge in [-0.15, -0.1) is 0 Å². The second-order valence-corrected chi connectivity index (χ2v) is 4.99. The molecule has 1 aromatic rings. The molecule has 2 unspecified atom stereocenters. The van der Waals surface area contributed by atoms with Gasteiger partial charge in [-0.2, -0.15) is 0 Å². The number of rotatable bonds is 7. The third kappa shape index (κ3) is 5.26. The maximum absolute atomic E-state index is 11.9. The molecule has 0 aliphatic heterocycles. The fourth-order valence-electron chi connectivity index (χ4n) is 1.82. The summed E-state index contributed by atoms with van der Waals surface area (Å²) in [5.74, 6) is -1.47. The highest BCUT2D eigenvalue weighted by molar-refractivity contribution is 5.94. The van der Waals surface area contributed by atoms with Crippen LogP contribution in [0.15, 0.2) is 23.1 Å². The molecule has 0 aliphatic carbocycles. The first-order valence-corrected chi connectivity index (χ1v) is 6.62. The van der Waals surface area contributed by atoms with Crippen LogP contribution in [0.3, 0.4) is 0 Å². The van der Waals surface area contributed by atoms with Gasteiger partial charge < -0.3 is 15.4 Å². The summed E-state index contributed by atoms with van der Waals surface area (Å²) >= 11 is 0. The number of carbonyl (C=O) groups is 2. The molecule has 110 valence electrons. The number of nitrogens with one attached hydrogen (secondary N) is 2. The Labute approximate surface area is 117 Å². The summed E-state index contributed by atoms with van der Waals surface area (Å²) < 4.78 is 0. The Hall–Kier alpha value is -2.11. The third-order valence-electron chi connectivity index (χ3n) is 3.11. The molecular formula is C14H20N2O4. The molecule has 1 rings (SSSR count). The zero-order valence-corrected chi connectivity index (χ0v) is 11.7. The minimum absolute atomic E-state index is 0.0669. The summed E-state index contributed by atoms with van der Waals surface area (Å²) in [6, 6.07) is 2.72. The predicted molar refractivity (Wildman–Crippen MR) is 74.6 cm³/mol. The molecule has 20 heavy (non-hydrogen) atoms. The van der Waals surface area contributed by atoms with Crippen molar-refractivity contribution < 1.29 is 14.7 Å². The third-order valence-corrected chi connectivity index (χ3v) is 3.11. The molecule has 1 amide bonds. The summed E-state index contributed by atoms with van der Waals surface area (Å²) in [6.07, 6.45) is 3.44. The van der Waals surface area contributed by atoms with E-state index in [9.17, 15) is 14.4 Å². The maximum Gasteiger partial charge on any atom is 0.306 e. The first kappa shape index (κ1) is 15.9. The number of aliphatic carboxylic acids is 1. The molecule has 0 spiro atoms. The van der Waals surface area contributed by atoms with E-state index in [1.54, 1.807) is 6.92 Å². The van der Waals surface area contributed by atoms with Gasteiger partial charge in [0.15, 0.2) is 0 Å². The number of aromatic nitrogens is 1. The van der Waals surface area contributed by atoms with E-state index in [1.807, 2.05) is 6.92 Å². The van der Waals surface area contributed by atoms with Gasteiger partial charge in [0.1, 0.15) is 0 Å². The smallest absolute Gasteiger partial charge is 0.306 e. The van der Waals surface area contributed by atoms with Gasteiger partial charge in [0.05, 0.1) is 5.92 Å². The Morgan fingerprint density at radius 2 is 2.05 bits per heavy atom. The van der Waals surface area contributed by atoms with Gasteiger partial charge in [0.2, 0.25) is 5.56 Å². The van der Waals surface area contributed by atoms with Gasteiger partial charge in [0, 0.05) is 23.9 Å². The second kappa shape index (κ2) is 7.47. The van der Waals surface area contributed by atoms with E-state index < -0.39 is 5.97 Å². The van der Waals surface area contributed by atoms with Gasteiger partial charge in [-0.05, 0) is 25.8 Å². The molecule has 0 bridgehead atoms. The van der Waals surface area contributed by atoms with E-state index in [2.05, 4.69) is 10.3 Å². The lowest BCUT2D eigenvalue weighted by Crippen LogP contribution is -2.33. The zero-order valence-electron chi connectivity index (χ0n) is 11.7. The van der Waals surface area contributed by atoms with Crippen LogP contribution in [0.25, 0.3) is 0 Å². The van der Waals surface area contributed by atoms with Crippen LogP contribution in [0.2, 0.25) is 0 Å². The average molecular weight is 280 g/mol. The summed E-state index contributed by atoms with van der Waals surface area (Å²) in [7, 11) is 0. The normalized spacial score (nSPS) is 13.5. The van der Waals surface area contributed by atoms with Crippen molar-refractivity contribution >= 4 is 11.9 Å². The van der Waals surface area contributed by atoms with Gasteiger partial charge >= 0.3 is 5.97 Å². The van der Waals surface area contributed by atoms with Gasteiger partial charge in [-0.3, -0.25) is 14.4 Å². The largest absolute Gasteiger partial charge is 0.481 e. The van der Waals surface area contributed by atoms with Crippen molar-refractivity contribution in [2.24, 2.45) is 5.92 Å². The number of hydrogen-bond acceptors (Lipinski definition) is 3. The zero-order chi connectivity index (χ0) is 15.1. The second-order valence-electron chi connectivity index (χ2n) is 4.99. The molecule has 3 N–H and O–H groups in total. The number of hydrogen-bond donors (Lipinski definition) is 3. The van der Waals surface area contributed by atoms with Gasteiger partial charge in [-0.1, -0.05) is 13.3 Å². The highest BCUT2D eigenvalue weighted by Gasteiger charge is 2.13. The summed E-state index contributed by atoms with van der Waals surface area (Å²) in [6.45, 7) is 3.53. The Bertz CT molecular complexity index is 524. The first-order valence-electron chi connectivity index (χ1n) is 6.62. The van der Waals surface area contributed by atoms with Crippen LogP contribution in [0.1, 0.15) is 43.5 Å². The Kier molecular flexibility index (Phi) is 5.96. The number of carbonyl (C=O) groups excluding carboxylic acids is 1. The molecule has 0 aliphatic rings. The van der Waals surface area contributed by atoms with Crippen molar-refractivity contribution in [1.29, 1.82) is 0 Å². The molecule has 0 saturated carbocycles. The number of carboxylic acid groups (broad SMARTS) is 1. The van der Waals surface area contributed by atoms with Crippen LogP contribution in [-0.2, 0) is 4.79 Å². The highest BCUT2D eigenvalue weighted by Crippen LogP contribution is 2.10. The summed E-state index contributed by atoms with van der Waals surface area (Å²) in [5, 5.41) is 11.6. The van der Waals surface area contributed by atoms with Crippen LogP contribution in [0.5, 0.6) is 0 Å². The Morgan fingerprint density at radius 3 is 2.65 bits per heavy atom. The van der Waals surface area contributed by atoms with Crippen LogP contribution in [0.4, 0.5) is 0 Å². The van der Waals surface area contributed by atoms with Gasteiger partial charge in [0.25, 0.3) is 5.91 Å². The lowest BCUT2D eigenvalue weighted by molar-refractivity contribution is -0.141. The molecule has 1 aromatic heterocycles. The van der Waals surface area contributed by atoms with Crippen molar-refractivity contribution in [3.05, 3.63) is 34.2 Å². The van der Waals surface area contributed by atoms with E-state index in [4.69, 9.17) is 5.11 Å². The standard InChI is InChI=1S/C14H20N2O4/c1-9(14(19)20)4-3-5-10(2)16-13(18)11-6-7-15-12(17)8-11/h6-10H,3-5H2,1-2H3,(H,15,17)(H,16,18)(H,19,20). The van der Waals surface area contributed by atoms with E-state index in [0.29, 0.717) is 18.4 Å². The monoisotopic (exact) mass is 280 g/mol. The molecule has 0 fully saturated rings. The predicted octanol–water partition coefficient (Wildman–Crippen LogP) is 1.38. The Morgan fingerprint density at radius 1 is 1.35 bits per heavy atom. The van der Waals surface area contributed by atoms with Crippen molar-refractivity contribution in [3.8, 4) is 0 Å². The van der Waals surface area contributed by atoms with Crippen LogP contribution >= 0.6 is 0 Å². The SMILES string of the molecule is CC(CCCC(C)C(=O)O)NC(=O)c1cc[nH]c(=O)c1. The van der Waals surface area contributed by atoms with Crippen molar-refractivity contribution in [2.45, 2.75) is 39.2 Å². The van der Waals surface area contributed by atoms with E-state index >= 15 is 0 Å². The average Bonchev–Trinajstić information content (AvgIpc) is 2.38. The number of H-pyrrole nitrogens is 1. The fraction of sp³-hybridized carbons (Fsp3) is 0.500.